The van der Waals surface area contributed by atoms with E-state index in [1.54, 1.807) is 4.90 Å². The van der Waals surface area contributed by atoms with Crippen LogP contribution in [0.2, 0.25) is 0 Å². The van der Waals surface area contributed by atoms with Crippen LogP contribution in [0.15, 0.2) is 48.7 Å². The molecule has 2 saturated heterocycles. The van der Waals surface area contributed by atoms with Crippen LogP contribution in [-0.4, -0.2) is 33.2 Å². The number of carbonyl (C=O) groups is 1. The zero-order valence-electron chi connectivity index (χ0n) is 15.1. The molecule has 0 saturated carbocycles. The summed E-state index contributed by atoms with van der Waals surface area (Å²) in [5, 5.41) is 11.2. The summed E-state index contributed by atoms with van der Waals surface area (Å²) in [5.41, 5.74) is 0.276. The molecular weight excluding hydrogens is 347 g/mol. The van der Waals surface area contributed by atoms with Crippen LogP contribution in [0.3, 0.4) is 0 Å². The minimum Gasteiger partial charge on any atom is -0.445 e. The first kappa shape index (κ1) is 17.9. The maximum Gasteiger partial charge on any atom is 0.410 e. The number of benzene rings is 1. The summed E-state index contributed by atoms with van der Waals surface area (Å²) in [6, 6.07) is 12.2. The number of aromatic nitrogens is 1. The average Bonchev–Trinajstić information content (AvgIpc) is 2.67. The molecule has 0 aliphatic carbocycles. The number of hydrogen-bond acceptors (Lipinski definition) is 4. The summed E-state index contributed by atoms with van der Waals surface area (Å²) in [5.74, 6) is -0.426. The molecule has 3 heterocycles. The van der Waals surface area contributed by atoms with E-state index in [0.717, 1.165) is 31.0 Å². The van der Waals surface area contributed by atoms with E-state index in [1.165, 1.54) is 12.1 Å². The van der Waals surface area contributed by atoms with Gasteiger partial charge in [-0.05, 0) is 37.0 Å². The molecule has 1 N–H and O–H groups in total. The van der Waals surface area contributed by atoms with Gasteiger partial charge >= 0.3 is 6.09 Å². The number of pyridine rings is 1. The standard InChI is InChI=1S/C21H23FN2O3/c22-16-9-10-19(23-13-16)21(26)11-17-7-4-8-18(12-21)24(17)20(25)27-14-15-5-2-1-3-6-15/h1-3,5-6,9-10,13,17-18,26H,4,7-8,11-12,14H2. The number of aliphatic hydroxyl groups is 1. The average molecular weight is 370 g/mol. The maximum atomic E-state index is 13.2. The summed E-state index contributed by atoms with van der Waals surface area (Å²) in [4.78, 5) is 18.6. The largest absolute Gasteiger partial charge is 0.445 e. The lowest BCUT2D eigenvalue weighted by molar-refractivity contribution is -0.0918. The molecule has 2 fully saturated rings. The minimum atomic E-state index is -1.14. The summed E-state index contributed by atoms with van der Waals surface area (Å²) in [7, 11) is 0. The Morgan fingerprint density at radius 3 is 2.52 bits per heavy atom. The Hall–Kier alpha value is -2.47. The van der Waals surface area contributed by atoms with Gasteiger partial charge in [-0.1, -0.05) is 30.3 Å². The molecule has 2 aromatic rings. The second-order valence-electron chi connectivity index (χ2n) is 7.49. The highest BCUT2D eigenvalue weighted by Gasteiger charge is 2.49. The molecule has 4 rings (SSSR count). The van der Waals surface area contributed by atoms with Crippen LogP contribution < -0.4 is 0 Å². The summed E-state index contributed by atoms with van der Waals surface area (Å²) < 4.78 is 18.7. The fraction of sp³-hybridized carbons (Fsp3) is 0.429. The van der Waals surface area contributed by atoms with Gasteiger partial charge in [0.1, 0.15) is 18.0 Å². The van der Waals surface area contributed by atoms with Crippen molar-refractivity contribution in [2.24, 2.45) is 0 Å². The fourth-order valence-electron chi connectivity index (χ4n) is 4.38. The predicted molar refractivity (Wildman–Crippen MR) is 97.2 cm³/mol. The SMILES string of the molecule is O=C(OCc1ccccc1)N1C2CCCC1CC(O)(c1ccc(F)cn1)C2. The first-order valence-electron chi connectivity index (χ1n) is 9.39. The van der Waals surface area contributed by atoms with Crippen LogP contribution in [0, 0.1) is 5.82 Å². The Morgan fingerprint density at radius 1 is 1.19 bits per heavy atom. The first-order chi connectivity index (χ1) is 13.0. The van der Waals surface area contributed by atoms with Crippen LogP contribution >= 0.6 is 0 Å². The molecule has 2 aliphatic heterocycles. The van der Waals surface area contributed by atoms with Crippen LogP contribution in [0.4, 0.5) is 9.18 Å². The van der Waals surface area contributed by atoms with E-state index in [2.05, 4.69) is 4.98 Å². The molecule has 6 heteroatoms. The molecule has 0 spiro atoms. The zero-order valence-corrected chi connectivity index (χ0v) is 15.1. The van der Waals surface area contributed by atoms with Gasteiger partial charge in [0.25, 0.3) is 0 Å². The van der Waals surface area contributed by atoms with Crippen LogP contribution in [0.5, 0.6) is 0 Å². The van der Waals surface area contributed by atoms with Crippen molar-refractivity contribution in [2.75, 3.05) is 0 Å². The number of carbonyl (C=O) groups excluding carboxylic acids is 1. The third-order valence-electron chi connectivity index (χ3n) is 5.63. The smallest absolute Gasteiger partial charge is 0.410 e. The van der Waals surface area contributed by atoms with Gasteiger partial charge in [0, 0.05) is 24.9 Å². The van der Waals surface area contributed by atoms with E-state index in [1.807, 2.05) is 30.3 Å². The van der Waals surface area contributed by atoms with Crippen molar-refractivity contribution in [3.63, 3.8) is 0 Å². The van der Waals surface area contributed by atoms with Gasteiger partial charge in [-0.3, -0.25) is 4.98 Å². The first-order valence-corrected chi connectivity index (χ1v) is 9.39. The predicted octanol–water partition coefficient (Wildman–Crippen LogP) is 3.76. The second kappa shape index (κ2) is 7.27. The van der Waals surface area contributed by atoms with E-state index in [9.17, 15) is 14.3 Å². The van der Waals surface area contributed by atoms with Crippen LogP contribution in [0.25, 0.3) is 0 Å². The number of fused-ring (bicyclic) bond motifs is 2. The van der Waals surface area contributed by atoms with Gasteiger partial charge in [0.2, 0.25) is 0 Å². The number of rotatable bonds is 3. The molecule has 2 aliphatic rings. The number of piperidine rings is 2. The number of nitrogens with zero attached hydrogens (tertiary/aromatic N) is 2. The van der Waals surface area contributed by atoms with Crippen molar-refractivity contribution < 1.29 is 19.0 Å². The van der Waals surface area contributed by atoms with Crippen LogP contribution in [-0.2, 0) is 16.9 Å². The lowest BCUT2D eigenvalue weighted by atomic mass is 9.74. The van der Waals surface area contributed by atoms with Crippen LogP contribution in [0.1, 0.15) is 43.4 Å². The van der Waals surface area contributed by atoms with Gasteiger partial charge in [0.15, 0.2) is 0 Å². The Kier molecular flexibility index (Phi) is 4.83. The molecule has 2 unspecified atom stereocenters. The third kappa shape index (κ3) is 3.67. The molecule has 0 radical (unpaired) electrons. The van der Waals surface area contributed by atoms with Crippen molar-refractivity contribution in [3.8, 4) is 0 Å². The summed E-state index contributed by atoms with van der Waals surface area (Å²) in [6.45, 7) is 0.236. The Balaban J connectivity index is 1.48. The highest BCUT2D eigenvalue weighted by Crippen LogP contribution is 2.44. The van der Waals surface area contributed by atoms with Crippen molar-refractivity contribution in [1.82, 2.24) is 9.88 Å². The van der Waals surface area contributed by atoms with E-state index in [4.69, 9.17) is 4.74 Å². The molecule has 27 heavy (non-hydrogen) atoms. The van der Waals surface area contributed by atoms with E-state index >= 15 is 0 Å². The number of ether oxygens (including phenoxy) is 1. The lowest BCUT2D eigenvalue weighted by Gasteiger charge is -2.51. The minimum absolute atomic E-state index is 0.0994. The van der Waals surface area contributed by atoms with Gasteiger partial charge in [-0.15, -0.1) is 0 Å². The molecule has 1 amide bonds. The van der Waals surface area contributed by atoms with Gasteiger partial charge in [-0.2, -0.15) is 0 Å². The maximum absolute atomic E-state index is 13.2. The molecule has 1 aromatic heterocycles. The Bertz CT molecular complexity index is 783. The molecule has 1 aromatic carbocycles. The van der Waals surface area contributed by atoms with Gasteiger partial charge in [-0.25, -0.2) is 9.18 Å². The van der Waals surface area contributed by atoms with Crippen molar-refractivity contribution in [1.29, 1.82) is 0 Å². The van der Waals surface area contributed by atoms with E-state index < -0.39 is 11.4 Å². The van der Waals surface area contributed by atoms with E-state index in [-0.39, 0.29) is 24.8 Å². The number of halogens is 1. The summed E-state index contributed by atoms with van der Waals surface area (Å²) >= 11 is 0. The number of amides is 1. The quantitative estimate of drug-likeness (QED) is 0.894. The molecule has 142 valence electrons. The third-order valence-corrected chi connectivity index (χ3v) is 5.63. The van der Waals surface area contributed by atoms with E-state index in [0.29, 0.717) is 18.5 Å². The van der Waals surface area contributed by atoms with Crippen molar-refractivity contribution >= 4 is 6.09 Å². The molecule has 2 atom stereocenters. The molecular formula is C21H23FN2O3. The van der Waals surface area contributed by atoms with Gasteiger partial charge in [0.05, 0.1) is 11.9 Å². The molecule has 5 nitrogen and oxygen atoms in total. The highest BCUT2D eigenvalue weighted by atomic mass is 19.1. The van der Waals surface area contributed by atoms with Crippen molar-refractivity contribution in [3.05, 3.63) is 65.7 Å². The van der Waals surface area contributed by atoms with Crippen molar-refractivity contribution in [2.45, 2.75) is 56.4 Å². The normalized spacial score (nSPS) is 27.3. The zero-order chi connectivity index (χ0) is 18.9. The monoisotopic (exact) mass is 370 g/mol. The molecule has 2 bridgehead atoms. The Labute approximate surface area is 157 Å². The number of hydrogen-bond donors (Lipinski definition) is 1. The summed E-state index contributed by atoms with van der Waals surface area (Å²) in [6.07, 6.45) is 4.24. The lowest BCUT2D eigenvalue weighted by Crippen LogP contribution is -2.59. The fourth-order valence-corrected chi connectivity index (χ4v) is 4.38. The highest BCUT2D eigenvalue weighted by molar-refractivity contribution is 5.69. The topological polar surface area (TPSA) is 62.7 Å². The second-order valence-corrected chi connectivity index (χ2v) is 7.49. The Morgan fingerprint density at radius 2 is 1.89 bits per heavy atom. The van der Waals surface area contributed by atoms with Gasteiger partial charge < -0.3 is 14.7 Å².